The molecule has 0 amide bonds. The second-order valence-electron chi connectivity index (χ2n) is 5.39. The highest BCUT2D eigenvalue weighted by Crippen LogP contribution is 2.21. The van der Waals surface area contributed by atoms with Crippen LogP contribution >= 0.6 is 12.4 Å². The third-order valence-electron chi connectivity index (χ3n) is 3.96. The first-order chi connectivity index (χ1) is 9.72. The molecule has 0 aliphatic carbocycles. The summed E-state index contributed by atoms with van der Waals surface area (Å²) in [5.41, 5.74) is -0.113. The molecule has 1 saturated heterocycles. The summed E-state index contributed by atoms with van der Waals surface area (Å²) < 4.78 is 10.4. The molecule has 1 fully saturated rings. The van der Waals surface area contributed by atoms with E-state index in [1.807, 2.05) is 7.05 Å². The van der Waals surface area contributed by atoms with Crippen LogP contribution in [0, 0.1) is 5.92 Å². The van der Waals surface area contributed by atoms with E-state index in [-0.39, 0.29) is 23.6 Å². The van der Waals surface area contributed by atoms with Crippen molar-refractivity contribution in [2.75, 3.05) is 33.8 Å². The van der Waals surface area contributed by atoms with Crippen LogP contribution in [0.4, 0.5) is 0 Å². The molecule has 21 heavy (non-hydrogen) atoms. The van der Waals surface area contributed by atoms with Gasteiger partial charge in [-0.15, -0.1) is 12.4 Å². The topological polar surface area (TPSA) is 54.7 Å². The highest BCUT2D eigenvalue weighted by Gasteiger charge is 2.19. The molecule has 2 heterocycles. The summed E-state index contributed by atoms with van der Waals surface area (Å²) in [6.45, 7) is 3.95. The molecular weight excluding hydrogens is 292 g/mol. The highest BCUT2D eigenvalue weighted by atomic mass is 35.5. The van der Waals surface area contributed by atoms with Gasteiger partial charge in [-0.25, -0.2) is 0 Å². The zero-order valence-corrected chi connectivity index (χ0v) is 13.6. The van der Waals surface area contributed by atoms with Crippen molar-refractivity contribution < 1.29 is 9.15 Å². The normalized spacial score (nSPS) is 16.5. The van der Waals surface area contributed by atoms with Crippen molar-refractivity contribution in [1.82, 2.24) is 10.2 Å². The standard InChI is InChI=1S/C15H24N2O3.ClH/c1-16-6-3-12-4-7-17(8-5-12)10-13-9-14(18)15(19-2)11-20-13;/h9,11-12,16H,3-8,10H2,1-2H3;1H. The Labute approximate surface area is 132 Å². The van der Waals surface area contributed by atoms with Crippen molar-refractivity contribution in [3.8, 4) is 5.75 Å². The Morgan fingerprint density at radius 3 is 2.71 bits per heavy atom. The van der Waals surface area contributed by atoms with Crippen LogP contribution in [0.5, 0.6) is 5.75 Å². The lowest BCUT2D eigenvalue weighted by Gasteiger charge is -2.31. The van der Waals surface area contributed by atoms with Crippen molar-refractivity contribution in [2.24, 2.45) is 5.92 Å². The number of halogens is 1. The van der Waals surface area contributed by atoms with Crippen molar-refractivity contribution >= 4 is 12.4 Å². The molecule has 1 aromatic heterocycles. The maximum atomic E-state index is 11.7. The Balaban J connectivity index is 0.00000220. The van der Waals surface area contributed by atoms with Crippen LogP contribution in [0.3, 0.4) is 0 Å². The summed E-state index contributed by atoms with van der Waals surface area (Å²) in [6, 6.07) is 1.53. The SMILES string of the molecule is CNCCC1CCN(Cc2cc(=O)c(OC)co2)CC1.Cl. The third-order valence-corrected chi connectivity index (χ3v) is 3.96. The molecule has 6 heteroatoms. The fraction of sp³-hybridized carbons (Fsp3) is 0.667. The van der Waals surface area contributed by atoms with Gasteiger partial charge in [-0.3, -0.25) is 9.69 Å². The van der Waals surface area contributed by atoms with Crippen LogP contribution in [-0.4, -0.2) is 38.7 Å². The lowest BCUT2D eigenvalue weighted by molar-refractivity contribution is 0.160. The minimum Gasteiger partial charge on any atom is -0.490 e. The Hall–Kier alpha value is -1.04. The first kappa shape index (κ1) is 18.0. The second-order valence-corrected chi connectivity index (χ2v) is 5.39. The first-order valence-corrected chi connectivity index (χ1v) is 7.25. The van der Waals surface area contributed by atoms with Crippen molar-refractivity contribution in [2.45, 2.75) is 25.8 Å². The molecule has 1 aliphatic heterocycles. The van der Waals surface area contributed by atoms with Crippen LogP contribution in [0.25, 0.3) is 0 Å². The summed E-state index contributed by atoms with van der Waals surface area (Å²) in [5, 5.41) is 3.21. The Morgan fingerprint density at radius 2 is 2.14 bits per heavy atom. The Morgan fingerprint density at radius 1 is 1.43 bits per heavy atom. The molecule has 2 rings (SSSR count). The molecule has 5 nitrogen and oxygen atoms in total. The second kappa shape index (κ2) is 9.07. The predicted octanol–water partition coefficient (Wildman–Crippen LogP) is 1.89. The summed E-state index contributed by atoms with van der Waals surface area (Å²) in [6.07, 6.45) is 5.10. The zero-order valence-electron chi connectivity index (χ0n) is 12.8. The van der Waals surface area contributed by atoms with Crippen molar-refractivity contribution in [1.29, 1.82) is 0 Å². The maximum absolute atomic E-state index is 11.7. The summed E-state index contributed by atoms with van der Waals surface area (Å²) in [5.74, 6) is 1.80. The van der Waals surface area contributed by atoms with E-state index in [2.05, 4.69) is 10.2 Å². The van der Waals surface area contributed by atoms with Gasteiger partial charge < -0.3 is 14.5 Å². The van der Waals surface area contributed by atoms with Gasteiger partial charge in [-0.2, -0.15) is 0 Å². The van der Waals surface area contributed by atoms with E-state index in [0.717, 1.165) is 25.6 Å². The lowest BCUT2D eigenvalue weighted by atomic mass is 9.93. The number of hydrogen-bond acceptors (Lipinski definition) is 5. The number of likely N-dealkylation sites (tertiary alicyclic amines) is 1. The van der Waals surface area contributed by atoms with Gasteiger partial charge in [0.1, 0.15) is 12.0 Å². The first-order valence-electron chi connectivity index (χ1n) is 7.25. The predicted molar refractivity (Wildman–Crippen MR) is 85.3 cm³/mol. The van der Waals surface area contributed by atoms with E-state index in [1.54, 1.807) is 0 Å². The molecule has 120 valence electrons. The smallest absolute Gasteiger partial charge is 0.227 e. The van der Waals surface area contributed by atoms with Gasteiger partial charge in [0.15, 0.2) is 0 Å². The van der Waals surface area contributed by atoms with Gasteiger partial charge >= 0.3 is 0 Å². The number of methoxy groups -OCH3 is 1. The molecule has 1 N–H and O–H groups in total. The fourth-order valence-corrected chi connectivity index (χ4v) is 2.67. The van der Waals surface area contributed by atoms with Crippen LogP contribution < -0.4 is 15.5 Å². The van der Waals surface area contributed by atoms with E-state index in [1.165, 1.54) is 38.7 Å². The van der Waals surface area contributed by atoms with Crippen molar-refractivity contribution in [3.05, 3.63) is 28.3 Å². The van der Waals surface area contributed by atoms with Gasteiger partial charge in [-0.1, -0.05) is 0 Å². The van der Waals surface area contributed by atoms with E-state index in [0.29, 0.717) is 12.3 Å². The molecule has 0 saturated carbocycles. The highest BCUT2D eigenvalue weighted by molar-refractivity contribution is 5.85. The number of hydrogen-bond donors (Lipinski definition) is 1. The van der Waals surface area contributed by atoms with Gasteiger partial charge in [-0.05, 0) is 51.9 Å². The summed E-state index contributed by atoms with van der Waals surface area (Å²) in [4.78, 5) is 14.0. The van der Waals surface area contributed by atoms with E-state index in [9.17, 15) is 4.79 Å². The van der Waals surface area contributed by atoms with Crippen LogP contribution in [0.2, 0.25) is 0 Å². The molecule has 1 aliphatic rings. The summed E-state index contributed by atoms with van der Waals surface area (Å²) >= 11 is 0. The molecular formula is C15H25ClN2O3. The average Bonchev–Trinajstić information content (AvgIpc) is 2.47. The van der Waals surface area contributed by atoms with E-state index < -0.39 is 0 Å². The monoisotopic (exact) mass is 316 g/mol. The largest absolute Gasteiger partial charge is 0.490 e. The number of rotatable bonds is 6. The number of piperidine rings is 1. The van der Waals surface area contributed by atoms with Crippen LogP contribution in [0.15, 0.2) is 21.5 Å². The third kappa shape index (κ3) is 5.34. The fourth-order valence-electron chi connectivity index (χ4n) is 2.67. The van der Waals surface area contributed by atoms with E-state index >= 15 is 0 Å². The number of ether oxygens (including phenoxy) is 1. The van der Waals surface area contributed by atoms with Gasteiger partial charge in [0.2, 0.25) is 11.2 Å². The van der Waals surface area contributed by atoms with Gasteiger partial charge in [0.05, 0.1) is 13.7 Å². The maximum Gasteiger partial charge on any atom is 0.227 e. The average molecular weight is 317 g/mol. The molecule has 0 radical (unpaired) electrons. The van der Waals surface area contributed by atoms with Gasteiger partial charge in [0.25, 0.3) is 0 Å². The molecule has 0 spiro atoms. The zero-order chi connectivity index (χ0) is 14.4. The molecule has 1 aromatic rings. The molecule has 0 unspecified atom stereocenters. The van der Waals surface area contributed by atoms with Crippen molar-refractivity contribution in [3.63, 3.8) is 0 Å². The minimum absolute atomic E-state index is 0. The number of nitrogens with one attached hydrogen (secondary N) is 1. The molecule has 0 bridgehead atoms. The quantitative estimate of drug-likeness (QED) is 0.868. The van der Waals surface area contributed by atoms with E-state index in [4.69, 9.17) is 9.15 Å². The molecule has 0 aromatic carbocycles. The van der Waals surface area contributed by atoms with Crippen LogP contribution in [0.1, 0.15) is 25.0 Å². The lowest BCUT2D eigenvalue weighted by Crippen LogP contribution is -2.34. The minimum atomic E-state index is -0.113. The Bertz CT molecular complexity index is 470. The Kier molecular flexibility index (Phi) is 7.78. The summed E-state index contributed by atoms with van der Waals surface area (Å²) in [7, 11) is 3.47. The van der Waals surface area contributed by atoms with Gasteiger partial charge in [0, 0.05) is 6.07 Å². The molecule has 0 atom stereocenters. The number of nitrogens with zero attached hydrogens (tertiary/aromatic N) is 1. The van der Waals surface area contributed by atoms with Crippen LogP contribution in [-0.2, 0) is 6.54 Å².